The van der Waals surface area contributed by atoms with Gasteiger partial charge in [-0.3, -0.25) is 14.9 Å². The zero-order chi connectivity index (χ0) is 14.6. The average molecular weight is 283 g/mol. The first-order chi connectivity index (χ1) is 8.74. The van der Waals surface area contributed by atoms with Crippen LogP contribution >= 0.6 is 11.8 Å². The van der Waals surface area contributed by atoms with Crippen LogP contribution in [0, 0.1) is 10.1 Å². The Labute approximate surface area is 115 Å². The molecule has 1 aromatic rings. The summed E-state index contributed by atoms with van der Waals surface area (Å²) < 4.78 is 0. The maximum absolute atomic E-state index is 11.9. The number of nitrogens with one attached hydrogen (secondary N) is 1. The van der Waals surface area contributed by atoms with Crippen molar-refractivity contribution in [3.05, 3.63) is 33.9 Å². The second kappa shape index (κ2) is 6.03. The highest BCUT2D eigenvalue weighted by atomic mass is 32.2. The van der Waals surface area contributed by atoms with Gasteiger partial charge in [-0.15, -0.1) is 11.8 Å². The van der Waals surface area contributed by atoms with Gasteiger partial charge < -0.3 is 11.1 Å². The zero-order valence-corrected chi connectivity index (χ0v) is 11.9. The molecule has 0 unspecified atom stereocenters. The van der Waals surface area contributed by atoms with Crippen LogP contribution in [0.25, 0.3) is 0 Å². The molecule has 0 bridgehead atoms. The molecule has 7 heteroatoms. The number of thioether (sulfide) groups is 1. The third-order valence-electron chi connectivity index (χ3n) is 2.34. The number of rotatable bonds is 5. The van der Waals surface area contributed by atoms with Gasteiger partial charge in [-0.2, -0.15) is 0 Å². The van der Waals surface area contributed by atoms with Crippen molar-refractivity contribution in [2.45, 2.75) is 24.3 Å². The van der Waals surface area contributed by atoms with Crippen molar-refractivity contribution < 1.29 is 9.72 Å². The molecular formula is C12H17N3O3S. The van der Waals surface area contributed by atoms with Crippen LogP contribution in [0.15, 0.2) is 23.1 Å². The van der Waals surface area contributed by atoms with Crippen molar-refractivity contribution in [1.29, 1.82) is 0 Å². The van der Waals surface area contributed by atoms with Gasteiger partial charge in [0.15, 0.2) is 0 Å². The van der Waals surface area contributed by atoms with Gasteiger partial charge in [-0.1, -0.05) is 0 Å². The highest BCUT2D eigenvalue weighted by molar-refractivity contribution is 7.98. The lowest BCUT2D eigenvalue weighted by Crippen LogP contribution is -2.45. The minimum absolute atomic E-state index is 0.0628. The number of amides is 1. The molecule has 0 aliphatic heterocycles. The molecule has 0 aliphatic carbocycles. The second-order valence-corrected chi connectivity index (χ2v) is 5.66. The van der Waals surface area contributed by atoms with E-state index in [0.29, 0.717) is 11.4 Å². The first-order valence-electron chi connectivity index (χ1n) is 5.64. The van der Waals surface area contributed by atoms with Gasteiger partial charge in [0.2, 0.25) is 0 Å². The molecule has 6 nitrogen and oxygen atoms in total. The van der Waals surface area contributed by atoms with Crippen molar-refractivity contribution in [1.82, 2.24) is 5.32 Å². The van der Waals surface area contributed by atoms with E-state index in [0.717, 1.165) is 0 Å². The summed E-state index contributed by atoms with van der Waals surface area (Å²) in [6, 6.07) is 4.42. The molecule has 19 heavy (non-hydrogen) atoms. The predicted molar refractivity (Wildman–Crippen MR) is 75.5 cm³/mol. The summed E-state index contributed by atoms with van der Waals surface area (Å²) in [5.41, 5.74) is 5.43. The van der Waals surface area contributed by atoms with E-state index in [1.165, 1.54) is 17.8 Å². The van der Waals surface area contributed by atoms with Gasteiger partial charge in [0.25, 0.3) is 11.6 Å². The van der Waals surface area contributed by atoms with E-state index >= 15 is 0 Å². The quantitative estimate of drug-likeness (QED) is 0.487. The Morgan fingerprint density at radius 2 is 2.16 bits per heavy atom. The molecule has 104 valence electrons. The Hall–Kier alpha value is -1.60. The summed E-state index contributed by atoms with van der Waals surface area (Å²) in [7, 11) is 0. The third-order valence-corrected chi connectivity index (χ3v) is 3.13. The summed E-state index contributed by atoms with van der Waals surface area (Å²) in [4.78, 5) is 22.8. The summed E-state index contributed by atoms with van der Waals surface area (Å²) in [5.74, 6) is -0.366. The standard InChI is InChI=1S/C12H17N3O3S/c1-12(2,13)7-14-11(16)8-4-5-10(19-3)9(6-8)15(17)18/h4-6H,7,13H2,1-3H3,(H,14,16). The molecule has 0 atom stereocenters. The fourth-order valence-electron chi connectivity index (χ4n) is 1.38. The summed E-state index contributed by atoms with van der Waals surface area (Å²) in [5, 5.41) is 13.6. The fraction of sp³-hybridized carbons (Fsp3) is 0.417. The van der Waals surface area contributed by atoms with E-state index in [4.69, 9.17) is 5.73 Å². The smallest absolute Gasteiger partial charge is 0.283 e. The number of benzene rings is 1. The van der Waals surface area contributed by atoms with E-state index in [1.54, 1.807) is 32.2 Å². The normalized spacial score (nSPS) is 11.2. The van der Waals surface area contributed by atoms with E-state index in [1.807, 2.05) is 0 Å². The Balaban J connectivity index is 2.93. The number of hydrogen-bond acceptors (Lipinski definition) is 5. The van der Waals surface area contributed by atoms with E-state index in [-0.39, 0.29) is 17.2 Å². The molecule has 0 spiro atoms. The van der Waals surface area contributed by atoms with Gasteiger partial charge in [0.1, 0.15) is 0 Å². The first-order valence-corrected chi connectivity index (χ1v) is 6.86. The Bertz CT molecular complexity index is 497. The van der Waals surface area contributed by atoms with Crippen LogP contribution in [-0.2, 0) is 0 Å². The molecule has 1 amide bonds. The number of carbonyl (C=O) groups is 1. The number of nitrogens with zero attached hydrogens (tertiary/aromatic N) is 1. The topological polar surface area (TPSA) is 98.3 Å². The number of nitro groups is 1. The zero-order valence-electron chi connectivity index (χ0n) is 11.1. The monoisotopic (exact) mass is 283 g/mol. The van der Waals surface area contributed by atoms with E-state index in [2.05, 4.69) is 5.32 Å². The highest BCUT2D eigenvalue weighted by Crippen LogP contribution is 2.28. The molecule has 0 saturated heterocycles. The largest absolute Gasteiger partial charge is 0.350 e. The Morgan fingerprint density at radius 1 is 1.53 bits per heavy atom. The average Bonchev–Trinajstić information content (AvgIpc) is 2.34. The van der Waals surface area contributed by atoms with Gasteiger partial charge in [0, 0.05) is 23.7 Å². The number of hydrogen-bond donors (Lipinski definition) is 2. The molecule has 0 aromatic heterocycles. The molecule has 3 N–H and O–H groups in total. The van der Waals surface area contributed by atoms with Crippen LogP contribution in [0.3, 0.4) is 0 Å². The summed E-state index contributed by atoms with van der Waals surface area (Å²) >= 11 is 1.27. The maximum atomic E-state index is 11.9. The van der Waals surface area contributed by atoms with Crippen LogP contribution in [0.5, 0.6) is 0 Å². The van der Waals surface area contributed by atoms with Crippen LogP contribution in [0.2, 0.25) is 0 Å². The Kier molecular flexibility index (Phi) is 4.90. The molecule has 0 fully saturated rings. The summed E-state index contributed by atoms with van der Waals surface area (Å²) in [6.45, 7) is 3.86. The summed E-state index contributed by atoms with van der Waals surface area (Å²) in [6.07, 6.45) is 1.75. The number of nitrogens with two attached hydrogens (primary N) is 1. The minimum atomic E-state index is -0.527. The van der Waals surface area contributed by atoms with E-state index < -0.39 is 10.5 Å². The van der Waals surface area contributed by atoms with Crippen LogP contribution in [-0.4, -0.2) is 29.2 Å². The van der Waals surface area contributed by atoms with Crippen molar-refractivity contribution >= 4 is 23.4 Å². The van der Waals surface area contributed by atoms with Crippen LogP contribution in [0.1, 0.15) is 24.2 Å². The van der Waals surface area contributed by atoms with Gasteiger partial charge in [-0.05, 0) is 32.2 Å². The second-order valence-electron chi connectivity index (χ2n) is 4.81. The molecule has 1 aromatic carbocycles. The third kappa shape index (κ3) is 4.53. The van der Waals surface area contributed by atoms with E-state index in [9.17, 15) is 14.9 Å². The highest BCUT2D eigenvalue weighted by Gasteiger charge is 2.18. The lowest BCUT2D eigenvalue weighted by molar-refractivity contribution is -0.387. The first kappa shape index (κ1) is 15.5. The Morgan fingerprint density at radius 3 is 2.63 bits per heavy atom. The predicted octanol–water partition coefficient (Wildman–Crippen LogP) is 1.78. The molecule has 0 radical (unpaired) electrons. The van der Waals surface area contributed by atoms with Crippen LogP contribution < -0.4 is 11.1 Å². The molecule has 1 rings (SSSR count). The minimum Gasteiger partial charge on any atom is -0.350 e. The van der Waals surface area contributed by atoms with Crippen molar-refractivity contribution in [3.63, 3.8) is 0 Å². The maximum Gasteiger partial charge on any atom is 0.283 e. The molecule has 0 saturated carbocycles. The number of nitro benzene ring substituents is 1. The number of carbonyl (C=O) groups excluding carboxylic acids is 1. The lowest BCUT2D eigenvalue weighted by Gasteiger charge is -2.18. The fourth-order valence-corrected chi connectivity index (χ4v) is 1.93. The SMILES string of the molecule is CSc1ccc(C(=O)NCC(C)(C)N)cc1[N+](=O)[O-]. The molecule has 0 aliphatic rings. The van der Waals surface area contributed by atoms with Crippen molar-refractivity contribution in [2.24, 2.45) is 5.73 Å². The van der Waals surface area contributed by atoms with Gasteiger partial charge >= 0.3 is 0 Å². The molecular weight excluding hydrogens is 266 g/mol. The van der Waals surface area contributed by atoms with Gasteiger partial charge in [0.05, 0.1) is 9.82 Å². The van der Waals surface area contributed by atoms with Crippen molar-refractivity contribution in [3.8, 4) is 0 Å². The lowest BCUT2D eigenvalue weighted by atomic mass is 10.1. The van der Waals surface area contributed by atoms with Crippen molar-refractivity contribution in [2.75, 3.05) is 12.8 Å². The molecule has 0 heterocycles. The van der Waals surface area contributed by atoms with Gasteiger partial charge in [-0.25, -0.2) is 0 Å². The van der Waals surface area contributed by atoms with Crippen LogP contribution in [0.4, 0.5) is 5.69 Å².